The van der Waals surface area contributed by atoms with E-state index in [-0.39, 0.29) is 6.10 Å². The molecule has 1 atom stereocenters. The number of hydrogen-bond acceptors (Lipinski definition) is 5. The molecule has 1 saturated heterocycles. The summed E-state index contributed by atoms with van der Waals surface area (Å²) in [5.74, 6) is 0. The third-order valence-corrected chi connectivity index (χ3v) is 5.22. The van der Waals surface area contributed by atoms with E-state index in [0.717, 1.165) is 45.9 Å². The average Bonchev–Trinajstić information content (AvgIpc) is 3.21. The van der Waals surface area contributed by atoms with Gasteiger partial charge in [-0.1, -0.05) is 6.07 Å². The summed E-state index contributed by atoms with van der Waals surface area (Å²) < 4.78 is 7.64. The summed E-state index contributed by atoms with van der Waals surface area (Å²) in [7, 11) is 2.07. The minimum atomic E-state index is -0.325. The number of hydrogen-bond donors (Lipinski definition) is 1. The fraction of sp³-hybridized carbons (Fsp3) is 0.556. The quantitative estimate of drug-likeness (QED) is 0.788. The van der Waals surface area contributed by atoms with Gasteiger partial charge in [0.25, 0.3) is 0 Å². The van der Waals surface area contributed by atoms with Gasteiger partial charge in [-0.05, 0) is 30.6 Å². The molecular weight excluding hydrogens is 322 g/mol. The Labute approximate surface area is 148 Å². The largest absolute Gasteiger partial charge is 0.390 e. The van der Waals surface area contributed by atoms with Crippen molar-refractivity contribution in [2.24, 2.45) is 0 Å². The Kier molecular flexibility index (Phi) is 6.45. The number of β-amino-alcohol motifs (C(OH)–C–C–N with tert-alkyl or cyclic N) is 1. The Bertz CT molecular complexity index is 593. The molecule has 132 valence electrons. The molecule has 0 aliphatic carbocycles. The first-order chi connectivity index (χ1) is 11.7. The minimum Gasteiger partial charge on any atom is -0.390 e. The van der Waals surface area contributed by atoms with Crippen LogP contribution < -0.4 is 0 Å². The van der Waals surface area contributed by atoms with Crippen LogP contribution in [0, 0.1) is 0 Å². The number of rotatable bonds is 8. The molecule has 2 aromatic rings. The monoisotopic (exact) mass is 349 g/mol. The Morgan fingerprint density at radius 2 is 2.12 bits per heavy atom. The first-order valence-corrected chi connectivity index (χ1v) is 9.42. The Morgan fingerprint density at radius 3 is 2.88 bits per heavy atom. The minimum absolute atomic E-state index is 0.325. The van der Waals surface area contributed by atoms with Gasteiger partial charge in [0.05, 0.1) is 25.9 Å². The van der Waals surface area contributed by atoms with Crippen LogP contribution in [0.5, 0.6) is 0 Å². The summed E-state index contributed by atoms with van der Waals surface area (Å²) in [6.07, 6.45) is 1.81. The molecule has 1 aliphatic heterocycles. The van der Waals surface area contributed by atoms with Crippen LogP contribution in [-0.4, -0.2) is 72.0 Å². The van der Waals surface area contributed by atoms with Crippen LogP contribution in [0.25, 0.3) is 0 Å². The Morgan fingerprint density at radius 1 is 1.29 bits per heavy atom. The van der Waals surface area contributed by atoms with Gasteiger partial charge in [-0.2, -0.15) is 0 Å². The number of ether oxygens (including phenoxy) is 1. The highest BCUT2D eigenvalue weighted by atomic mass is 32.1. The van der Waals surface area contributed by atoms with E-state index in [4.69, 9.17) is 4.74 Å². The van der Waals surface area contributed by atoms with Crippen LogP contribution >= 0.6 is 11.3 Å². The molecular formula is C18H27N3O2S. The zero-order valence-electron chi connectivity index (χ0n) is 14.3. The van der Waals surface area contributed by atoms with E-state index < -0.39 is 0 Å². The van der Waals surface area contributed by atoms with Gasteiger partial charge < -0.3 is 14.4 Å². The molecule has 0 radical (unpaired) electrons. The molecule has 1 aliphatic rings. The van der Waals surface area contributed by atoms with Gasteiger partial charge in [-0.15, -0.1) is 11.3 Å². The lowest BCUT2D eigenvalue weighted by molar-refractivity contribution is 0.00814. The third kappa shape index (κ3) is 5.16. The number of aliphatic hydroxyl groups is 1. The maximum absolute atomic E-state index is 10.3. The standard InChI is InChI=1S/C18H27N3O2S/c1-19(13-17(22)14-20-7-9-23-10-8-20)12-16-4-2-6-21(16)15-18-5-3-11-24-18/h2-6,11,17,22H,7-10,12-15H2,1H3. The van der Waals surface area contributed by atoms with E-state index >= 15 is 0 Å². The fourth-order valence-corrected chi connectivity index (χ4v) is 3.86. The Hall–Kier alpha value is -1.18. The van der Waals surface area contributed by atoms with Crippen LogP contribution in [0.2, 0.25) is 0 Å². The molecule has 0 saturated carbocycles. The van der Waals surface area contributed by atoms with Gasteiger partial charge in [0.15, 0.2) is 0 Å². The maximum Gasteiger partial charge on any atom is 0.0793 e. The number of nitrogens with zero attached hydrogens (tertiary/aromatic N) is 3. The van der Waals surface area contributed by atoms with Crippen LogP contribution in [0.15, 0.2) is 35.8 Å². The van der Waals surface area contributed by atoms with E-state index in [0.29, 0.717) is 6.54 Å². The summed E-state index contributed by atoms with van der Waals surface area (Å²) in [5, 5.41) is 12.5. The lowest BCUT2D eigenvalue weighted by atomic mass is 10.2. The first kappa shape index (κ1) is 17.6. The summed E-state index contributed by atoms with van der Waals surface area (Å²) in [6, 6.07) is 8.53. The van der Waals surface area contributed by atoms with Crippen molar-refractivity contribution in [2.75, 3.05) is 46.4 Å². The predicted molar refractivity (Wildman–Crippen MR) is 97.5 cm³/mol. The normalized spacial score (nSPS) is 17.5. The molecule has 0 amide bonds. The maximum atomic E-state index is 10.3. The molecule has 3 rings (SSSR count). The average molecular weight is 350 g/mol. The number of aliphatic hydroxyl groups excluding tert-OH is 1. The van der Waals surface area contributed by atoms with E-state index in [1.54, 1.807) is 11.3 Å². The number of aromatic nitrogens is 1. The second-order valence-electron chi connectivity index (χ2n) is 6.47. The highest BCUT2D eigenvalue weighted by Gasteiger charge is 2.16. The SMILES string of the molecule is CN(Cc1cccn1Cc1cccs1)CC(O)CN1CCOCC1. The number of thiophene rings is 1. The highest BCUT2D eigenvalue weighted by molar-refractivity contribution is 7.09. The zero-order valence-corrected chi connectivity index (χ0v) is 15.1. The molecule has 0 bridgehead atoms. The zero-order chi connectivity index (χ0) is 16.8. The smallest absolute Gasteiger partial charge is 0.0793 e. The molecule has 2 aromatic heterocycles. The van der Waals surface area contributed by atoms with Crippen molar-refractivity contribution < 1.29 is 9.84 Å². The third-order valence-electron chi connectivity index (χ3n) is 4.36. The predicted octanol–water partition coefficient (Wildman–Crippen LogP) is 1.72. The molecule has 5 nitrogen and oxygen atoms in total. The number of morpholine rings is 1. The lowest BCUT2D eigenvalue weighted by Crippen LogP contribution is -2.44. The van der Waals surface area contributed by atoms with Gasteiger partial charge in [-0.3, -0.25) is 9.80 Å². The van der Waals surface area contributed by atoms with Crippen molar-refractivity contribution in [3.05, 3.63) is 46.4 Å². The van der Waals surface area contributed by atoms with E-state index in [9.17, 15) is 5.11 Å². The van der Waals surface area contributed by atoms with Gasteiger partial charge in [0, 0.05) is 49.5 Å². The van der Waals surface area contributed by atoms with Crippen LogP contribution in [0.4, 0.5) is 0 Å². The van der Waals surface area contributed by atoms with Crippen molar-refractivity contribution in [1.82, 2.24) is 14.4 Å². The fourth-order valence-electron chi connectivity index (χ4n) is 3.16. The summed E-state index contributed by atoms with van der Waals surface area (Å²) in [5.41, 5.74) is 1.28. The Balaban J connectivity index is 1.47. The van der Waals surface area contributed by atoms with Crippen molar-refractivity contribution in [3.63, 3.8) is 0 Å². The van der Waals surface area contributed by atoms with Gasteiger partial charge in [0.1, 0.15) is 0 Å². The van der Waals surface area contributed by atoms with E-state index in [1.165, 1.54) is 10.6 Å². The molecule has 1 fully saturated rings. The van der Waals surface area contributed by atoms with Crippen LogP contribution in [0.3, 0.4) is 0 Å². The summed E-state index contributed by atoms with van der Waals surface area (Å²) >= 11 is 1.79. The second kappa shape index (κ2) is 8.78. The van der Waals surface area contributed by atoms with Crippen molar-refractivity contribution in [1.29, 1.82) is 0 Å². The molecule has 1 unspecified atom stereocenters. The van der Waals surface area contributed by atoms with E-state index in [1.807, 2.05) is 0 Å². The van der Waals surface area contributed by atoms with E-state index in [2.05, 4.69) is 57.3 Å². The molecule has 24 heavy (non-hydrogen) atoms. The summed E-state index contributed by atoms with van der Waals surface area (Å²) in [6.45, 7) is 6.57. The lowest BCUT2D eigenvalue weighted by Gasteiger charge is -2.30. The van der Waals surface area contributed by atoms with Gasteiger partial charge >= 0.3 is 0 Å². The molecule has 6 heteroatoms. The van der Waals surface area contributed by atoms with Crippen molar-refractivity contribution in [2.45, 2.75) is 19.2 Å². The highest BCUT2D eigenvalue weighted by Crippen LogP contribution is 2.14. The number of likely N-dealkylation sites (N-methyl/N-ethyl adjacent to an activating group) is 1. The molecule has 0 spiro atoms. The molecule has 1 N–H and O–H groups in total. The first-order valence-electron chi connectivity index (χ1n) is 8.54. The van der Waals surface area contributed by atoms with Crippen LogP contribution in [0.1, 0.15) is 10.6 Å². The molecule has 3 heterocycles. The van der Waals surface area contributed by atoms with Gasteiger partial charge in [-0.25, -0.2) is 0 Å². The topological polar surface area (TPSA) is 40.9 Å². The second-order valence-corrected chi connectivity index (χ2v) is 7.50. The van der Waals surface area contributed by atoms with Crippen molar-refractivity contribution >= 4 is 11.3 Å². The van der Waals surface area contributed by atoms with Gasteiger partial charge in [0.2, 0.25) is 0 Å². The van der Waals surface area contributed by atoms with Crippen molar-refractivity contribution in [3.8, 4) is 0 Å². The summed E-state index contributed by atoms with van der Waals surface area (Å²) in [4.78, 5) is 5.84. The van der Waals surface area contributed by atoms with Crippen LogP contribution in [-0.2, 0) is 17.8 Å². The molecule has 0 aromatic carbocycles.